The van der Waals surface area contributed by atoms with E-state index >= 15 is 0 Å². The minimum atomic E-state index is -0.283. The van der Waals surface area contributed by atoms with Crippen molar-refractivity contribution in [3.05, 3.63) is 30.1 Å². The van der Waals surface area contributed by atoms with Gasteiger partial charge in [-0.15, -0.1) is 10.2 Å². The molecule has 2 saturated carbocycles. The molecule has 2 aromatic rings. The van der Waals surface area contributed by atoms with Gasteiger partial charge < -0.3 is 10.1 Å². The average Bonchev–Trinajstić information content (AvgIpc) is 3.59. The monoisotopic (exact) mass is 458 g/mol. The molecule has 6 nitrogen and oxygen atoms in total. The second-order valence-electron chi connectivity index (χ2n) is 9.54. The van der Waals surface area contributed by atoms with Crippen molar-refractivity contribution < 1.29 is 13.9 Å². The summed E-state index contributed by atoms with van der Waals surface area (Å²) < 4.78 is 21.2. The number of amides is 1. The van der Waals surface area contributed by atoms with Gasteiger partial charge in [-0.25, -0.2) is 4.39 Å². The number of fused-ring (bicyclic) bond motifs is 2. The van der Waals surface area contributed by atoms with Crippen molar-refractivity contribution in [1.82, 2.24) is 20.1 Å². The largest absolute Gasteiger partial charge is 0.376 e. The van der Waals surface area contributed by atoms with Crippen LogP contribution >= 0.6 is 11.8 Å². The van der Waals surface area contributed by atoms with Gasteiger partial charge in [0, 0.05) is 18.2 Å². The maximum atomic E-state index is 13.4. The van der Waals surface area contributed by atoms with Crippen LogP contribution in [0.25, 0.3) is 11.4 Å². The molecule has 5 rings (SSSR count). The maximum Gasteiger partial charge on any atom is 0.230 e. The number of benzene rings is 1. The Morgan fingerprint density at radius 1 is 1.25 bits per heavy atom. The maximum absolute atomic E-state index is 13.4. The van der Waals surface area contributed by atoms with Gasteiger partial charge in [0.05, 0.1) is 18.4 Å². The Kier molecular flexibility index (Phi) is 6.51. The fourth-order valence-electron chi connectivity index (χ4n) is 5.80. The number of thioether (sulfide) groups is 1. The topological polar surface area (TPSA) is 69.0 Å². The summed E-state index contributed by atoms with van der Waals surface area (Å²) in [5.41, 5.74) is 0.804. The van der Waals surface area contributed by atoms with Crippen molar-refractivity contribution in [2.75, 3.05) is 12.4 Å². The first kappa shape index (κ1) is 21.9. The molecule has 5 unspecified atom stereocenters. The predicted molar refractivity (Wildman–Crippen MR) is 122 cm³/mol. The van der Waals surface area contributed by atoms with Gasteiger partial charge in [-0.3, -0.25) is 9.36 Å². The van der Waals surface area contributed by atoms with Crippen LogP contribution in [0.4, 0.5) is 4.39 Å². The van der Waals surface area contributed by atoms with E-state index < -0.39 is 0 Å². The van der Waals surface area contributed by atoms with Gasteiger partial charge in [-0.2, -0.15) is 0 Å². The van der Waals surface area contributed by atoms with Crippen molar-refractivity contribution in [3.8, 4) is 11.4 Å². The number of hydrogen-bond donors (Lipinski definition) is 1. The van der Waals surface area contributed by atoms with Crippen LogP contribution in [0.15, 0.2) is 29.4 Å². The van der Waals surface area contributed by atoms with Gasteiger partial charge in [-0.1, -0.05) is 18.2 Å². The van der Waals surface area contributed by atoms with Crippen molar-refractivity contribution in [2.24, 2.45) is 17.8 Å². The molecule has 1 saturated heterocycles. The summed E-state index contributed by atoms with van der Waals surface area (Å²) >= 11 is 1.40. The van der Waals surface area contributed by atoms with E-state index in [1.165, 1.54) is 49.6 Å². The molecule has 2 aliphatic carbocycles. The zero-order valence-electron chi connectivity index (χ0n) is 18.5. The Balaban J connectivity index is 1.25. The van der Waals surface area contributed by atoms with Crippen LogP contribution in [0.3, 0.4) is 0 Å². The lowest BCUT2D eigenvalue weighted by atomic mass is 9.84. The SMILES string of the molecule is CC(NC(=O)CSc1nnc(-c2ccc(F)cc2)n1CC1CCCO1)C1CC2CCC1C2. The summed E-state index contributed by atoms with van der Waals surface area (Å²) in [5.74, 6) is 3.03. The van der Waals surface area contributed by atoms with E-state index in [0.717, 1.165) is 36.8 Å². The third-order valence-electron chi connectivity index (χ3n) is 7.39. The zero-order chi connectivity index (χ0) is 22.1. The summed E-state index contributed by atoms with van der Waals surface area (Å²) in [7, 11) is 0. The van der Waals surface area contributed by atoms with Crippen molar-refractivity contribution in [3.63, 3.8) is 0 Å². The number of nitrogens with zero attached hydrogens (tertiary/aromatic N) is 3. The molecule has 2 heterocycles. The second kappa shape index (κ2) is 9.51. The first-order valence-electron chi connectivity index (χ1n) is 11.8. The van der Waals surface area contributed by atoms with Crippen LogP contribution in [-0.4, -0.2) is 45.2 Å². The summed E-state index contributed by atoms with van der Waals surface area (Å²) in [5, 5.41) is 12.7. The standard InChI is InChI=1S/C24H31FN4O2S/c1-15(21-12-16-4-5-18(21)11-16)26-22(30)14-32-24-28-27-23(17-6-8-19(25)9-7-17)29(24)13-20-3-2-10-31-20/h6-9,15-16,18,20-21H,2-5,10-14H2,1H3,(H,26,30). The Bertz CT molecular complexity index is 944. The molecule has 2 bridgehead atoms. The van der Waals surface area contributed by atoms with Gasteiger partial charge in [0.25, 0.3) is 0 Å². The lowest BCUT2D eigenvalue weighted by Gasteiger charge is -2.28. The number of ether oxygens (including phenoxy) is 1. The molecular formula is C24H31FN4O2S. The first-order valence-corrected chi connectivity index (χ1v) is 12.8. The van der Waals surface area contributed by atoms with E-state index in [2.05, 4.69) is 22.4 Å². The minimum Gasteiger partial charge on any atom is -0.376 e. The Labute approximate surface area is 192 Å². The second-order valence-corrected chi connectivity index (χ2v) is 10.5. The molecule has 5 atom stereocenters. The molecule has 1 aromatic carbocycles. The number of aromatic nitrogens is 3. The van der Waals surface area contributed by atoms with Gasteiger partial charge in [0.15, 0.2) is 11.0 Å². The summed E-state index contributed by atoms with van der Waals surface area (Å²) in [6.45, 7) is 3.55. The normalized spacial score (nSPS) is 27.7. The minimum absolute atomic E-state index is 0.0419. The van der Waals surface area contributed by atoms with Crippen molar-refractivity contribution in [2.45, 2.75) is 69.3 Å². The van der Waals surface area contributed by atoms with E-state index in [9.17, 15) is 9.18 Å². The quantitative estimate of drug-likeness (QED) is 0.598. The number of halogens is 1. The van der Waals surface area contributed by atoms with Gasteiger partial charge in [-0.05, 0) is 81.0 Å². The Morgan fingerprint density at radius 3 is 2.78 bits per heavy atom. The van der Waals surface area contributed by atoms with Crippen molar-refractivity contribution >= 4 is 17.7 Å². The third-order valence-corrected chi connectivity index (χ3v) is 8.35. The highest BCUT2D eigenvalue weighted by atomic mass is 32.2. The molecule has 0 radical (unpaired) electrons. The number of carbonyl (C=O) groups excluding carboxylic acids is 1. The molecule has 32 heavy (non-hydrogen) atoms. The number of nitrogens with one attached hydrogen (secondary N) is 1. The van der Waals surface area contributed by atoms with Crippen LogP contribution in [0.5, 0.6) is 0 Å². The van der Waals surface area contributed by atoms with Crippen LogP contribution in [-0.2, 0) is 16.1 Å². The van der Waals surface area contributed by atoms with Crippen LogP contribution < -0.4 is 5.32 Å². The highest BCUT2D eigenvalue weighted by Crippen LogP contribution is 2.49. The molecule has 8 heteroatoms. The van der Waals surface area contributed by atoms with E-state index in [1.807, 2.05) is 4.57 Å². The summed E-state index contributed by atoms with van der Waals surface area (Å²) in [6.07, 6.45) is 7.44. The molecule has 3 fully saturated rings. The van der Waals surface area contributed by atoms with E-state index in [4.69, 9.17) is 4.74 Å². The number of rotatable bonds is 8. The predicted octanol–water partition coefficient (Wildman–Crippen LogP) is 4.30. The molecule has 1 aliphatic heterocycles. The lowest BCUT2D eigenvalue weighted by Crippen LogP contribution is -2.41. The van der Waals surface area contributed by atoms with Gasteiger partial charge in [0.2, 0.25) is 5.91 Å². The highest BCUT2D eigenvalue weighted by Gasteiger charge is 2.42. The molecule has 3 aliphatic rings. The third kappa shape index (κ3) is 4.71. The molecular weight excluding hydrogens is 427 g/mol. The number of hydrogen-bond acceptors (Lipinski definition) is 5. The fourth-order valence-corrected chi connectivity index (χ4v) is 6.56. The van der Waals surface area contributed by atoms with Gasteiger partial charge in [0.1, 0.15) is 5.82 Å². The summed E-state index contributed by atoms with van der Waals surface area (Å²) in [4.78, 5) is 12.7. The highest BCUT2D eigenvalue weighted by molar-refractivity contribution is 7.99. The Morgan fingerprint density at radius 2 is 2.09 bits per heavy atom. The van der Waals surface area contributed by atoms with E-state index in [-0.39, 0.29) is 23.9 Å². The first-order chi connectivity index (χ1) is 15.6. The number of carbonyl (C=O) groups is 1. The molecule has 1 amide bonds. The van der Waals surface area contributed by atoms with Crippen LogP contribution in [0.1, 0.15) is 45.4 Å². The molecule has 0 spiro atoms. The molecule has 172 valence electrons. The van der Waals surface area contributed by atoms with E-state index in [0.29, 0.717) is 29.2 Å². The van der Waals surface area contributed by atoms with Crippen molar-refractivity contribution in [1.29, 1.82) is 0 Å². The molecule has 1 N–H and O–H groups in total. The lowest BCUT2D eigenvalue weighted by molar-refractivity contribution is -0.119. The van der Waals surface area contributed by atoms with Gasteiger partial charge >= 0.3 is 0 Å². The smallest absolute Gasteiger partial charge is 0.230 e. The summed E-state index contributed by atoms with van der Waals surface area (Å²) in [6, 6.07) is 6.50. The molecule has 1 aromatic heterocycles. The zero-order valence-corrected chi connectivity index (χ0v) is 19.3. The van der Waals surface area contributed by atoms with E-state index in [1.54, 1.807) is 12.1 Å². The van der Waals surface area contributed by atoms with Crippen LogP contribution in [0, 0.1) is 23.6 Å². The Hall–Kier alpha value is -1.93. The average molecular weight is 459 g/mol. The fraction of sp³-hybridized carbons (Fsp3) is 0.625. The van der Waals surface area contributed by atoms with Crippen LogP contribution in [0.2, 0.25) is 0 Å².